The van der Waals surface area contributed by atoms with Crippen molar-refractivity contribution in [1.82, 2.24) is 0 Å². The zero-order valence-electron chi connectivity index (χ0n) is 15.1. The molecule has 2 atom stereocenters. The molecule has 0 aromatic carbocycles. The molecule has 0 N–H and O–H groups in total. The number of carbonyl (C=O) groups is 2. The summed E-state index contributed by atoms with van der Waals surface area (Å²) in [7, 11) is 0. The molecule has 0 radical (unpaired) electrons. The number of carbonyl (C=O) groups excluding carboxylic acids is 2. The normalized spacial score (nSPS) is 13.2. The van der Waals surface area contributed by atoms with Crippen molar-refractivity contribution in [2.24, 2.45) is 11.8 Å². The maximum Gasteiger partial charge on any atom is 0.307 e. The van der Waals surface area contributed by atoms with E-state index in [2.05, 4.69) is 26.7 Å². The molecule has 4 nitrogen and oxygen atoms in total. The van der Waals surface area contributed by atoms with E-state index in [-0.39, 0.29) is 24.8 Å². The van der Waals surface area contributed by atoms with E-state index in [9.17, 15) is 9.59 Å². The van der Waals surface area contributed by atoms with Gasteiger partial charge in [-0.2, -0.15) is 0 Å². The first kappa shape index (κ1) is 21.5. The number of terminal acetylenes is 1. The van der Waals surface area contributed by atoms with E-state index in [1.807, 2.05) is 0 Å². The quantitative estimate of drug-likeness (QED) is 0.400. The first-order valence-electron chi connectivity index (χ1n) is 8.66. The van der Waals surface area contributed by atoms with Crippen molar-refractivity contribution in [3.63, 3.8) is 0 Å². The Labute approximate surface area is 141 Å². The van der Waals surface area contributed by atoms with E-state index >= 15 is 0 Å². The first-order chi connectivity index (χ1) is 10.8. The maximum atomic E-state index is 11.6. The molecule has 0 aliphatic heterocycles. The maximum absolute atomic E-state index is 11.6. The monoisotopic (exact) mass is 324 g/mol. The fourth-order valence-electron chi connectivity index (χ4n) is 2.13. The molecule has 132 valence electrons. The lowest BCUT2D eigenvalue weighted by atomic mass is 9.98. The van der Waals surface area contributed by atoms with Crippen LogP contribution in [0, 0.1) is 24.2 Å². The predicted octanol–water partition coefficient (Wildman–Crippen LogP) is 4.12. The summed E-state index contributed by atoms with van der Waals surface area (Å²) in [6, 6.07) is 0. The zero-order chi connectivity index (χ0) is 17.7. The van der Waals surface area contributed by atoms with Gasteiger partial charge in [-0.05, 0) is 31.6 Å². The van der Waals surface area contributed by atoms with E-state index in [4.69, 9.17) is 15.9 Å². The van der Waals surface area contributed by atoms with Gasteiger partial charge in [0.1, 0.15) is 0 Å². The summed E-state index contributed by atoms with van der Waals surface area (Å²) in [4.78, 5) is 23.0. The van der Waals surface area contributed by atoms with Crippen molar-refractivity contribution in [2.45, 2.75) is 78.7 Å². The predicted molar refractivity (Wildman–Crippen MR) is 91.7 cm³/mol. The average Bonchev–Trinajstić information content (AvgIpc) is 2.46. The second-order valence-corrected chi connectivity index (χ2v) is 6.59. The molecule has 0 amide bonds. The van der Waals surface area contributed by atoms with Crippen molar-refractivity contribution in [3.05, 3.63) is 0 Å². The van der Waals surface area contributed by atoms with Crippen LogP contribution in [0.4, 0.5) is 0 Å². The molecule has 0 aliphatic carbocycles. The summed E-state index contributed by atoms with van der Waals surface area (Å²) < 4.78 is 10.1. The second-order valence-electron chi connectivity index (χ2n) is 6.59. The third-order valence-electron chi connectivity index (χ3n) is 3.66. The highest BCUT2D eigenvalue weighted by atomic mass is 16.5. The van der Waals surface area contributed by atoms with Gasteiger partial charge in [0.05, 0.1) is 6.61 Å². The standard InChI is InChI=1S/C19H32O4/c1-6-17(5)23-19(21)12-8-11-18(20)22-14-13-16(4)10-7-9-15(2)3/h1,15-17H,7-14H2,2-5H3. The lowest BCUT2D eigenvalue weighted by Gasteiger charge is -2.12. The zero-order valence-corrected chi connectivity index (χ0v) is 15.1. The Hall–Kier alpha value is -1.50. The van der Waals surface area contributed by atoms with Crippen molar-refractivity contribution in [2.75, 3.05) is 6.61 Å². The molecule has 2 unspecified atom stereocenters. The Kier molecular flexibility index (Phi) is 12.1. The first-order valence-corrected chi connectivity index (χ1v) is 8.66. The van der Waals surface area contributed by atoms with Crippen LogP contribution in [0.3, 0.4) is 0 Å². The van der Waals surface area contributed by atoms with Gasteiger partial charge in [-0.3, -0.25) is 9.59 Å². The minimum Gasteiger partial charge on any atom is -0.466 e. The third kappa shape index (κ3) is 13.9. The van der Waals surface area contributed by atoms with Crippen LogP contribution >= 0.6 is 0 Å². The highest BCUT2D eigenvalue weighted by Gasteiger charge is 2.10. The SMILES string of the molecule is C#CC(C)OC(=O)CCCC(=O)OCCC(C)CCCC(C)C. The molecule has 0 aliphatic rings. The minimum absolute atomic E-state index is 0.187. The van der Waals surface area contributed by atoms with Crippen LogP contribution in [0.25, 0.3) is 0 Å². The molecule has 0 bridgehead atoms. The molecule has 4 heteroatoms. The van der Waals surface area contributed by atoms with Crippen LogP contribution in [0.15, 0.2) is 0 Å². The Morgan fingerprint density at radius 3 is 2.22 bits per heavy atom. The van der Waals surface area contributed by atoms with Crippen LogP contribution < -0.4 is 0 Å². The number of hydrogen-bond acceptors (Lipinski definition) is 4. The van der Waals surface area contributed by atoms with E-state index in [1.165, 1.54) is 19.3 Å². The van der Waals surface area contributed by atoms with Crippen LogP contribution in [0.5, 0.6) is 0 Å². The van der Waals surface area contributed by atoms with Gasteiger partial charge in [-0.1, -0.05) is 46.0 Å². The van der Waals surface area contributed by atoms with Crippen molar-refractivity contribution < 1.29 is 19.1 Å². The third-order valence-corrected chi connectivity index (χ3v) is 3.66. The Balaban J connectivity index is 3.60. The van der Waals surface area contributed by atoms with Gasteiger partial charge in [0.2, 0.25) is 0 Å². The van der Waals surface area contributed by atoms with Gasteiger partial charge in [-0.15, -0.1) is 6.42 Å². The van der Waals surface area contributed by atoms with Crippen LogP contribution in [-0.4, -0.2) is 24.6 Å². The van der Waals surface area contributed by atoms with E-state index in [0.29, 0.717) is 18.9 Å². The molecule has 0 fully saturated rings. The van der Waals surface area contributed by atoms with E-state index < -0.39 is 6.10 Å². The van der Waals surface area contributed by atoms with Gasteiger partial charge in [0, 0.05) is 12.8 Å². The van der Waals surface area contributed by atoms with Gasteiger partial charge >= 0.3 is 11.9 Å². The van der Waals surface area contributed by atoms with Crippen molar-refractivity contribution in [3.8, 4) is 12.3 Å². The molecule has 0 rings (SSSR count). The molecule has 0 saturated carbocycles. The molecular formula is C19H32O4. The summed E-state index contributed by atoms with van der Waals surface area (Å²) in [5.74, 6) is 3.01. The van der Waals surface area contributed by atoms with E-state index in [0.717, 1.165) is 12.3 Å². The Morgan fingerprint density at radius 2 is 1.61 bits per heavy atom. The smallest absolute Gasteiger partial charge is 0.307 e. The van der Waals surface area contributed by atoms with Crippen LogP contribution in [-0.2, 0) is 19.1 Å². The molecule has 0 spiro atoms. The second kappa shape index (κ2) is 13.0. The highest BCUT2D eigenvalue weighted by Crippen LogP contribution is 2.15. The fourth-order valence-corrected chi connectivity index (χ4v) is 2.13. The van der Waals surface area contributed by atoms with Gasteiger partial charge in [-0.25, -0.2) is 0 Å². The van der Waals surface area contributed by atoms with Gasteiger partial charge < -0.3 is 9.47 Å². The summed E-state index contributed by atoms with van der Waals surface area (Å²) in [5, 5.41) is 0. The van der Waals surface area contributed by atoms with Gasteiger partial charge in [0.25, 0.3) is 0 Å². The largest absolute Gasteiger partial charge is 0.466 e. The van der Waals surface area contributed by atoms with Gasteiger partial charge in [0.15, 0.2) is 6.10 Å². The summed E-state index contributed by atoms with van der Waals surface area (Å²) in [6.07, 6.45) is 10.00. The molecular weight excluding hydrogens is 292 g/mol. The number of esters is 2. The lowest BCUT2D eigenvalue weighted by Crippen LogP contribution is -2.14. The minimum atomic E-state index is -0.522. The van der Waals surface area contributed by atoms with Crippen LogP contribution in [0.2, 0.25) is 0 Å². The van der Waals surface area contributed by atoms with Crippen LogP contribution in [0.1, 0.15) is 72.6 Å². The average molecular weight is 324 g/mol. The molecule has 0 saturated heterocycles. The Bertz CT molecular complexity index is 381. The van der Waals surface area contributed by atoms with Crippen molar-refractivity contribution >= 4 is 11.9 Å². The summed E-state index contributed by atoms with van der Waals surface area (Å²) >= 11 is 0. The Morgan fingerprint density at radius 1 is 0.957 bits per heavy atom. The number of rotatable bonds is 12. The fraction of sp³-hybridized carbons (Fsp3) is 0.789. The molecule has 0 aromatic rings. The number of ether oxygens (including phenoxy) is 2. The molecule has 0 aromatic heterocycles. The van der Waals surface area contributed by atoms with E-state index in [1.54, 1.807) is 6.92 Å². The molecule has 0 heterocycles. The summed E-state index contributed by atoms with van der Waals surface area (Å²) in [5.41, 5.74) is 0. The molecule has 23 heavy (non-hydrogen) atoms. The topological polar surface area (TPSA) is 52.6 Å². The highest BCUT2D eigenvalue weighted by molar-refractivity contribution is 5.72. The summed E-state index contributed by atoms with van der Waals surface area (Å²) in [6.45, 7) is 8.75. The number of hydrogen-bond donors (Lipinski definition) is 0. The van der Waals surface area contributed by atoms with Crippen molar-refractivity contribution in [1.29, 1.82) is 0 Å². The lowest BCUT2D eigenvalue weighted by molar-refractivity contribution is -0.146.